The van der Waals surface area contributed by atoms with Gasteiger partial charge in [-0.25, -0.2) is 4.98 Å². The van der Waals surface area contributed by atoms with Crippen LogP contribution in [0.4, 0.5) is 0 Å². The number of nitrogens with one attached hydrogen (secondary N) is 1. The Morgan fingerprint density at radius 1 is 1.53 bits per heavy atom. The van der Waals surface area contributed by atoms with Crippen LogP contribution in [0.1, 0.15) is 17.8 Å². The molecular weight excluding hydrogens is 188 g/mol. The van der Waals surface area contributed by atoms with Crippen LogP contribution in [0.15, 0.2) is 6.33 Å². The van der Waals surface area contributed by atoms with Crippen molar-refractivity contribution in [3.05, 3.63) is 17.7 Å². The van der Waals surface area contributed by atoms with Crippen molar-refractivity contribution in [1.29, 1.82) is 0 Å². The lowest BCUT2D eigenvalue weighted by Crippen LogP contribution is -2.25. The van der Waals surface area contributed by atoms with Gasteiger partial charge in [-0.3, -0.25) is 0 Å². The van der Waals surface area contributed by atoms with Crippen LogP contribution in [-0.2, 0) is 19.5 Å². The molecule has 0 fully saturated rings. The smallest absolute Gasteiger partial charge is 0.0952 e. The van der Waals surface area contributed by atoms with E-state index in [-0.39, 0.29) is 0 Å². The molecule has 0 aliphatic carbocycles. The summed E-state index contributed by atoms with van der Waals surface area (Å²) in [6, 6.07) is 0. The molecule has 2 heterocycles. The van der Waals surface area contributed by atoms with E-state index in [0.717, 1.165) is 32.6 Å². The second-order valence-electron chi connectivity index (χ2n) is 4.41. The first-order chi connectivity index (χ1) is 7.27. The van der Waals surface area contributed by atoms with E-state index in [4.69, 9.17) is 0 Å². The summed E-state index contributed by atoms with van der Waals surface area (Å²) in [5.74, 6) is 0. The molecule has 0 atom stereocenters. The van der Waals surface area contributed by atoms with Crippen LogP contribution in [0, 0.1) is 0 Å². The third-order valence-corrected chi connectivity index (χ3v) is 2.87. The van der Waals surface area contributed by atoms with E-state index in [2.05, 4.69) is 33.9 Å². The number of imidazole rings is 1. The highest BCUT2D eigenvalue weighted by Crippen LogP contribution is 2.12. The maximum Gasteiger partial charge on any atom is 0.0952 e. The van der Waals surface area contributed by atoms with Gasteiger partial charge in [0, 0.05) is 31.7 Å². The van der Waals surface area contributed by atoms with Crippen molar-refractivity contribution in [1.82, 2.24) is 19.8 Å². The van der Waals surface area contributed by atoms with Gasteiger partial charge in [-0.1, -0.05) is 0 Å². The molecule has 1 aliphatic heterocycles. The zero-order chi connectivity index (χ0) is 10.7. The first-order valence-corrected chi connectivity index (χ1v) is 5.65. The molecular formula is C11H20N4. The average molecular weight is 208 g/mol. The van der Waals surface area contributed by atoms with Gasteiger partial charge in [0.2, 0.25) is 0 Å². The molecule has 1 aromatic rings. The quantitative estimate of drug-likeness (QED) is 0.781. The molecule has 0 saturated carbocycles. The Labute approximate surface area is 91.3 Å². The minimum atomic E-state index is 0.940. The van der Waals surface area contributed by atoms with Gasteiger partial charge < -0.3 is 14.8 Å². The zero-order valence-electron chi connectivity index (χ0n) is 9.66. The number of rotatable bonds is 4. The molecule has 84 valence electrons. The minimum absolute atomic E-state index is 0.940. The second-order valence-corrected chi connectivity index (χ2v) is 4.41. The van der Waals surface area contributed by atoms with Gasteiger partial charge >= 0.3 is 0 Å². The molecule has 0 radical (unpaired) electrons. The zero-order valence-corrected chi connectivity index (χ0v) is 9.66. The summed E-state index contributed by atoms with van der Waals surface area (Å²) < 4.78 is 2.32. The molecule has 1 aliphatic rings. The molecule has 0 amide bonds. The minimum Gasteiger partial charge on any atom is -0.334 e. The first kappa shape index (κ1) is 10.6. The van der Waals surface area contributed by atoms with Crippen molar-refractivity contribution >= 4 is 0 Å². The van der Waals surface area contributed by atoms with Crippen molar-refractivity contribution in [2.24, 2.45) is 0 Å². The highest BCUT2D eigenvalue weighted by Gasteiger charge is 2.13. The number of hydrogen-bond acceptors (Lipinski definition) is 3. The van der Waals surface area contributed by atoms with E-state index in [1.165, 1.54) is 17.8 Å². The van der Waals surface area contributed by atoms with Crippen LogP contribution in [0.3, 0.4) is 0 Å². The van der Waals surface area contributed by atoms with Gasteiger partial charge in [0.15, 0.2) is 0 Å². The fourth-order valence-electron chi connectivity index (χ4n) is 2.05. The lowest BCUT2D eigenvalue weighted by Gasteiger charge is -2.16. The fourth-order valence-corrected chi connectivity index (χ4v) is 2.05. The molecule has 0 aromatic carbocycles. The monoisotopic (exact) mass is 208 g/mol. The summed E-state index contributed by atoms with van der Waals surface area (Å²) >= 11 is 0. The molecule has 2 rings (SSSR count). The van der Waals surface area contributed by atoms with E-state index < -0.39 is 0 Å². The molecule has 0 spiro atoms. The van der Waals surface area contributed by atoms with Crippen LogP contribution in [0.25, 0.3) is 0 Å². The highest BCUT2D eigenvalue weighted by molar-refractivity contribution is 5.16. The van der Waals surface area contributed by atoms with Crippen molar-refractivity contribution in [2.45, 2.75) is 25.9 Å². The van der Waals surface area contributed by atoms with Crippen molar-refractivity contribution < 1.29 is 0 Å². The fraction of sp³-hybridized carbons (Fsp3) is 0.727. The van der Waals surface area contributed by atoms with Gasteiger partial charge in [-0.15, -0.1) is 0 Å². The van der Waals surface area contributed by atoms with E-state index in [1.807, 2.05) is 6.33 Å². The lowest BCUT2D eigenvalue weighted by molar-refractivity contribution is 0.384. The first-order valence-electron chi connectivity index (χ1n) is 5.65. The maximum absolute atomic E-state index is 4.44. The maximum atomic E-state index is 4.44. The summed E-state index contributed by atoms with van der Waals surface area (Å²) in [4.78, 5) is 6.67. The summed E-state index contributed by atoms with van der Waals surface area (Å²) in [6.45, 7) is 4.27. The van der Waals surface area contributed by atoms with Crippen molar-refractivity contribution in [3.63, 3.8) is 0 Å². The third-order valence-electron chi connectivity index (χ3n) is 2.87. The summed E-state index contributed by atoms with van der Waals surface area (Å²) in [5.41, 5.74) is 2.68. The third kappa shape index (κ3) is 2.58. The number of fused-ring (bicyclic) bond motifs is 1. The number of aryl methyl sites for hydroxylation is 1. The lowest BCUT2D eigenvalue weighted by atomic mass is 10.2. The van der Waals surface area contributed by atoms with Gasteiger partial charge in [0.1, 0.15) is 0 Å². The molecule has 1 N–H and O–H groups in total. The predicted molar refractivity (Wildman–Crippen MR) is 60.8 cm³/mol. The average Bonchev–Trinajstić information content (AvgIpc) is 2.62. The largest absolute Gasteiger partial charge is 0.334 e. The van der Waals surface area contributed by atoms with Gasteiger partial charge in [-0.05, 0) is 27.1 Å². The Kier molecular flexibility index (Phi) is 3.38. The van der Waals surface area contributed by atoms with Crippen LogP contribution >= 0.6 is 0 Å². The van der Waals surface area contributed by atoms with Crippen LogP contribution in [0.5, 0.6) is 0 Å². The van der Waals surface area contributed by atoms with Gasteiger partial charge in [0.25, 0.3) is 0 Å². The Hall–Kier alpha value is -0.870. The Bertz CT molecular complexity index is 316. The predicted octanol–water partition coefficient (Wildman–Crippen LogP) is 0.480. The molecule has 0 unspecified atom stereocenters. The molecule has 4 nitrogen and oxygen atoms in total. The summed E-state index contributed by atoms with van der Waals surface area (Å²) in [5, 5.41) is 3.34. The molecule has 0 saturated heterocycles. The summed E-state index contributed by atoms with van der Waals surface area (Å²) in [6.07, 6.45) is 4.31. The van der Waals surface area contributed by atoms with E-state index in [9.17, 15) is 0 Å². The number of hydrogen-bond donors (Lipinski definition) is 1. The van der Waals surface area contributed by atoms with Crippen LogP contribution in [-0.4, -0.2) is 41.6 Å². The van der Waals surface area contributed by atoms with Crippen LogP contribution in [0.2, 0.25) is 0 Å². The number of aromatic nitrogens is 2. The molecule has 1 aromatic heterocycles. The number of nitrogens with zero attached hydrogens (tertiary/aromatic N) is 3. The van der Waals surface area contributed by atoms with Crippen molar-refractivity contribution in [3.8, 4) is 0 Å². The molecule has 15 heavy (non-hydrogen) atoms. The SMILES string of the molecule is CN(C)CCCn1cnc2c1CCNC2. The van der Waals surface area contributed by atoms with E-state index >= 15 is 0 Å². The molecule has 0 bridgehead atoms. The highest BCUT2D eigenvalue weighted by atomic mass is 15.1. The Morgan fingerprint density at radius 2 is 2.40 bits per heavy atom. The Morgan fingerprint density at radius 3 is 3.20 bits per heavy atom. The second kappa shape index (κ2) is 4.77. The van der Waals surface area contributed by atoms with Crippen LogP contribution < -0.4 is 5.32 Å². The Balaban J connectivity index is 1.94. The standard InChI is InChI=1S/C11H20N4/c1-14(2)6-3-7-15-9-13-10-8-12-5-4-11(10)15/h9,12H,3-8H2,1-2H3. The normalized spacial score (nSPS) is 15.7. The van der Waals surface area contributed by atoms with Gasteiger partial charge in [0.05, 0.1) is 12.0 Å². The summed E-state index contributed by atoms with van der Waals surface area (Å²) in [7, 11) is 4.24. The molecule has 4 heteroatoms. The van der Waals surface area contributed by atoms with Gasteiger partial charge in [-0.2, -0.15) is 0 Å². The van der Waals surface area contributed by atoms with Crippen molar-refractivity contribution in [2.75, 3.05) is 27.2 Å². The van der Waals surface area contributed by atoms with E-state index in [0.29, 0.717) is 0 Å². The topological polar surface area (TPSA) is 33.1 Å². The van der Waals surface area contributed by atoms with E-state index in [1.54, 1.807) is 0 Å².